The SMILES string of the molecule is CC(C)(C(=O)O)c1ccc(C(O)CCCN2CCC(C(O)(Cc3ccccc3)c3ccccc3)CC2)cc1. The molecule has 2 atom stereocenters. The fourth-order valence-electron chi connectivity index (χ4n) is 5.67. The Hall–Kier alpha value is -2.99. The van der Waals surface area contributed by atoms with Gasteiger partial charge in [-0.1, -0.05) is 84.9 Å². The average Bonchev–Trinajstić information content (AvgIpc) is 2.94. The van der Waals surface area contributed by atoms with E-state index in [2.05, 4.69) is 17.0 Å². The Bertz CT molecular complexity index is 1150. The minimum atomic E-state index is -0.955. The van der Waals surface area contributed by atoms with Crippen molar-refractivity contribution in [1.82, 2.24) is 4.90 Å². The molecule has 1 saturated heterocycles. The number of piperidine rings is 1. The zero-order chi connectivity index (χ0) is 27.2. The summed E-state index contributed by atoms with van der Waals surface area (Å²) in [7, 11) is 0. The summed E-state index contributed by atoms with van der Waals surface area (Å²) in [6.45, 7) is 6.16. The molecule has 1 fully saturated rings. The lowest BCUT2D eigenvalue weighted by molar-refractivity contribution is -0.142. The van der Waals surface area contributed by atoms with Crippen LogP contribution in [0.1, 0.15) is 67.9 Å². The molecule has 0 amide bonds. The molecule has 1 heterocycles. The van der Waals surface area contributed by atoms with E-state index in [0.29, 0.717) is 12.8 Å². The van der Waals surface area contributed by atoms with Crippen molar-refractivity contribution in [2.75, 3.05) is 19.6 Å². The van der Waals surface area contributed by atoms with Crippen LogP contribution in [0, 0.1) is 5.92 Å². The van der Waals surface area contributed by atoms with Crippen molar-refractivity contribution in [3.63, 3.8) is 0 Å². The third kappa shape index (κ3) is 6.52. The van der Waals surface area contributed by atoms with Gasteiger partial charge in [0.05, 0.1) is 17.1 Å². The highest BCUT2D eigenvalue weighted by Gasteiger charge is 2.40. The lowest BCUT2D eigenvalue weighted by Crippen LogP contribution is -2.45. The van der Waals surface area contributed by atoms with Crippen molar-refractivity contribution in [2.45, 2.75) is 63.1 Å². The van der Waals surface area contributed by atoms with E-state index in [1.165, 1.54) is 0 Å². The Morgan fingerprint density at radius 1 is 0.895 bits per heavy atom. The number of aliphatic hydroxyl groups is 2. The molecule has 3 N–H and O–H groups in total. The maximum Gasteiger partial charge on any atom is 0.313 e. The number of carboxylic acids is 1. The monoisotopic (exact) mass is 515 g/mol. The first-order valence-electron chi connectivity index (χ1n) is 13.8. The van der Waals surface area contributed by atoms with Gasteiger partial charge in [-0.15, -0.1) is 0 Å². The maximum atomic E-state index is 12.0. The van der Waals surface area contributed by atoms with Crippen molar-refractivity contribution >= 4 is 5.97 Å². The predicted molar refractivity (Wildman–Crippen MR) is 151 cm³/mol. The van der Waals surface area contributed by atoms with Crippen LogP contribution in [-0.4, -0.2) is 45.8 Å². The lowest BCUT2D eigenvalue weighted by Gasteiger charge is -2.42. The molecule has 0 saturated carbocycles. The van der Waals surface area contributed by atoms with E-state index < -0.39 is 23.1 Å². The highest BCUT2D eigenvalue weighted by atomic mass is 16.4. The van der Waals surface area contributed by atoms with E-state index in [1.54, 1.807) is 26.0 Å². The number of aliphatic hydroxyl groups excluding tert-OH is 1. The van der Waals surface area contributed by atoms with Crippen LogP contribution in [0.15, 0.2) is 84.9 Å². The van der Waals surface area contributed by atoms with Crippen molar-refractivity contribution in [3.8, 4) is 0 Å². The zero-order valence-corrected chi connectivity index (χ0v) is 22.6. The van der Waals surface area contributed by atoms with Gasteiger partial charge in [-0.2, -0.15) is 0 Å². The van der Waals surface area contributed by atoms with Gasteiger partial charge in [0.15, 0.2) is 0 Å². The van der Waals surface area contributed by atoms with E-state index in [-0.39, 0.29) is 5.92 Å². The first-order chi connectivity index (χ1) is 18.2. The molecular weight excluding hydrogens is 474 g/mol. The van der Waals surface area contributed by atoms with Gasteiger partial charge >= 0.3 is 5.97 Å². The molecule has 202 valence electrons. The quantitative estimate of drug-likeness (QED) is 0.305. The second kappa shape index (κ2) is 12.2. The fourth-order valence-corrected chi connectivity index (χ4v) is 5.67. The molecule has 4 rings (SSSR count). The fraction of sp³-hybridized carbons (Fsp3) is 0.424. The summed E-state index contributed by atoms with van der Waals surface area (Å²) in [5.74, 6) is -0.683. The predicted octanol–water partition coefficient (Wildman–Crippen LogP) is 5.70. The van der Waals surface area contributed by atoms with Gasteiger partial charge in [0, 0.05) is 6.42 Å². The molecule has 0 aliphatic carbocycles. The first-order valence-corrected chi connectivity index (χ1v) is 13.8. The van der Waals surface area contributed by atoms with Crippen LogP contribution < -0.4 is 0 Å². The van der Waals surface area contributed by atoms with Crippen LogP contribution in [0.25, 0.3) is 0 Å². The van der Waals surface area contributed by atoms with Crippen molar-refractivity contribution < 1.29 is 20.1 Å². The van der Waals surface area contributed by atoms with E-state index in [1.807, 2.05) is 60.7 Å². The second-order valence-electron chi connectivity index (χ2n) is 11.3. The molecule has 0 bridgehead atoms. The van der Waals surface area contributed by atoms with Gasteiger partial charge in [0.25, 0.3) is 0 Å². The highest BCUT2D eigenvalue weighted by molar-refractivity contribution is 5.80. The van der Waals surface area contributed by atoms with Gasteiger partial charge in [-0.05, 0) is 87.3 Å². The van der Waals surface area contributed by atoms with Gasteiger partial charge in [-0.3, -0.25) is 4.79 Å². The molecule has 3 aromatic rings. The molecule has 5 heteroatoms. The number of carboxylic acid groups (broad SMARTS) is 1. The number of likely N-dealkylation sites (tertiary alicyclic amines) is 1. The Morgan fingerprint density at radius 3 is 2.05 bits per heavy atom. The maximum absolute atomic E-state index is 12.0. The standard InChI is InChI=1S/C33H41NO4/c1-32(2,31(36)37)27-17-15-26(16-18-27)30(35)14-9-21-34-22-19-29(20-23-34)33(38,28-12-7-4-8-13-28)24-25-10-5-3-6-11-25/h3-8,10-13,15-18,29-30,35,38H,9,14,19-24H2,1-2H3,(H,36,37). The number of hydrogen-bond acceptors (Lipinski definition) is 4. The largest absolute Gasteiger partial charge is 0.481 e. The van der Waals surface area contributed by atoms with Crippen LogP contribution >= 0.6 is 0 Å². The van der Waals surface area contributed by atoms with E-state index in [9.17, 15) is 20.1 Å². The van der Waals surface area contributed by atoms with Crippen molar-refractivity contribution in [1.29, 1.82) is 0 Å². The topological polar surface area (TPSA) is 81.0 Å². The number of aliphatic carboxylic acids is 1. The van der Waals surface area contributed by atoms with Crippen LogP contribution in [0.5, 0.6) is 0 Å². The van der Waals surface area contributed by atoms with E-state index in [4.69, 9.17) is 0 Å². The molecule has 5 nitrogen and oxygen atoms in total. The molecule has 0 spiro atoms. The zero-order valence-electron chi connectivity index (χ0n) is 22.6. The molecule has 1 aliphatic heterocycles. The van der Waals surface area contributed by atoms with Crippen molar-refractivity contribution in [3.05, 3.63) is 107 Å². The molecule has 2 unspecified atom stereocenters. The van der Waals surface area contributed by atoms with E-state index >= 15 is 0 Å². The van der Waals surface area contributed by atoms with E-state index in [0.717, 1.165) is 61.2 Å². The van der Waals surface area contributed by atoms with Crippen LogP contribution in [0.2, 0.25) is 0 Å². The minimum Gasteiger partial charge on any atom is -0.481 e. The molecule has 3 aromatic carbocycles. The molecule has 1 aliphatic rings. The van der Waals surface area contributed by atoms with Gasteiger partial charge in [-0.25, -0.2) is 0 Å². The summed E-state index contributed by atoms with van der Waals surface area (Å²) in [6.07, 6.45) is 3.44. The summed E-state index contributed by atoms with van der Waals surface area (Å²) in [5.41, 5.74) is 1.84. The minimum absolute atomic E-state index is 0.181. The normalized spacial score (nSPS) is 17.6. The van der Waals surface area contributed by atoms with Crippen LogP contribution in [0.3, 0.4) is 0 Å². The Morgan fingerprint density at radius 2 is 1.47 bits per heavy atom. The summed E-state index contributed by atoms with van der Waals surface area (Å²) in [4.78, 5) is 13.9. The third-order valence-corrected chi connectivity index (χ3v) is 8.36. The van der Waals surface area contributed by atoms with Gasteiger partial charge < -0.3 is 20.2 Å². The Labute approximate surface area is 226 Å². The Balaban J connectivity index is 1.30. The van der Waals surface area contributed by atoms with Crippen LogP contribution in [0.4, 0.5) is 0 Å². The third-order valence-electron chi connectivity index (χ3n) is 8.36. The Kier molecular flexibility index (Phi) is 9.03. The number of nitrogens with zero attached hydrogens (tertiary/aromatic N) is 1. The lowest BCUT2D eigenvalue weighted by atomic mass is 9.73. The number of hydrogen-bond donors (Lipinski definition) is 3. The summed E-state index contributed by atoms with van der Waals surface area (Å²) in [5, 5.41) is 32.2. The first kappa shape index (κ1) is 28.0. The summed E-state index contributed by atoms with van der Waals surface area (Å²) >= 11 is 0. The average molecular weight is 516 g/mol. The van der Waals surface area contributed by atoms with Crippen molar-refractivity contribution in [2.24, 2.45) is 5.92 Å². The molecule has 0 radical (unpaired) electrons. The van der Waals surface area contributed by atoms with Gasteiger partial charge in [0.2, 0.25) is 0 Å². The molecule has 38 heavy (non-hydrogen) atoms. The highest BCUT2D eigenvalue weighted by Crippen LogP contribution is 2.39. The smallest absolute Gasteiger partial charge is 0.313 e. The van der Waals surface area contributed by atoms with Crippen LogP contribution in [-0.2, 0) is 22.2 Å². The van der Waals surface area contributed by atoms with Gasteiger partial charge in [0.1, 0.15) is 0 Å². The molecule has 0 aromatic heterocycles. The summed E-state index contributed by atoms with van der Waals surface area (Å²) < 4.78 is 0. The summed E-state index contributed by atoms with van der Waals surface area (Å²) in [6, 6.07) is 27.7. The number of carbonyl (C=O) groups is 1. The molecular formula is C33H41NO4. The number of benzene rings is 3. The second-order valence-corrected chi connectivity index (χ2v) is 11.3. The number of rotatable bonds is 11.